The molecule has 0 radical (unpaired) electrons. The molecule has 2 nitrogen and oxygen atoms in total. The van der Waals surface area contributed by atoms with Crippen LogP contribution < -0.4 is 0 Å². The van der Waals surface area contributed by atoms with Crippen molar-refractivity contribution in [2.24, 2.45) is 0 Å². The number of aromatic nitrogens is 2. The van der Waals surface area contributed by atoms with Gasteiger partial charge >= 0.3 is 0 Å². The van der Waals surface area contributed by atoms with E-state index in [4.69, 9.17) is 4.98 Å². The Hall–Kier alpha value is -3.13. The number of hydrogen-bond acceptors (Lipinski definition) is 1. The second kappa shape index (κ2) is 4.93. The predicted octanol–water partition coefficient (Wildman–Crippen LogP) is 5.84. The summed E-state index contributed by atoms with van der Waals surface area (Å²) < 4.78 is 0. The fourth-order valence-electron chi connectivity index (χ4n) is 3.57. The maximum Gasteiger partial charge on any atom is 0.139 e. The van der Waals surface area contributed by atoms with Crippen LogP contribution in [-0.2, 0) is 0 Å². The molecule has 114 valence electrons. The highest BCUT2D eigenvalue weighted by atomic mass is 14.9. The predicted molar refractivity (Wildman–Crippen MR) is 101 cm³/mol. The molecule has 2 heteroatoms. The average Bonchev–Trinajstić information content (AvgIpc) is 2.98. The van der Waals surface area contributed by atoms with Gasteiger partial charge in [-0.25, -0.2) is 4.98 Å². The minimum Gasteiger partial charge on any atom is -0.339 e. The first-order chi connectivity index (χ1) is 11.8. The topological polar surface area (TPSA) is 28.7 Å². The van der Waals surface area contributed by atoms with Crippen molar-refractivity contribution in [3.05, 3.63) is 78.4 Å². The minimum atomic E-state index is 0.950. The highest BCUT2D eigenvalue weighted by Gasteiger charge is 2.15. The van der Waals surface area contributed by atoms with Crippen LogP contribution in [0.5, 0.6) is 0 Å². The van der Waals surface area contributed by atoms with Gasteiger partial charge in [0.1, 0.15) is 5.65 Å². The number of nitrogens with zero attached hydrogens (tertiary/aromatic N) is 1. The third kappa shape index (κ3) is 1.86. The molecule has 0 saturated carbocycles. The van der Waals surface area contributed by atoms with Crippen molar-refractivity contribution in [1.29, 1.82) is 0 Å². The third-order valence-electron chi connectivity index (χ3n) is 4.65. The first-order valence-electron chi connectivity index (χ1n) is 8.17. The molecule has 2 aromatic heterocycles. The number of fused-ring (bicyclic) bond motifs is 4. The number of hydrogen-bond donors (Lipinski definition) is 1. The van der Waals surface area contributed by atoms with Crippen LogP contribution >= 0.6 is 0 Å². The zero-order chi connectivity index (χ0) is 16.1. The van der Waals surface area contributed by atoms with Gasteiger partial charge in [0.25, 0.3) is 0 Å². The van der Waals surface area contributed by atoms with E-state index in [2.05, 4.69) is 84.7 Å². The maximum absolute atomic E-state index is 4.89. The van der Waals surface area contributed by atoms with E-state index in [1.807, 2.05) is 0 Å². The highest BCUT2D eigenvalue weighted by molar-refractivity contribution is 6.19. The van der Waals surface area contributed by atoms with Gasteiger partial charge in [0.05, 0.1) is 5.52 Å². The number of para-hydroxylation sites is 1. The Bertz CT molecular complexity index is 1200. The van der Waals surface area contributed by atoms with Crippen LogP contribution in [0.4, 0.5) is 0 Å². The Kier molecular flexibility index (Phi) is 2.74. The number of rotatable bonds is 1. The van der Waals surface area contributed by atoms with Gasteiger partial charge in [-0.3, -0.25) is 0 Å². The lowest BCUT2D eigenvalue weighted by atomic mass is 9.95. The van der Waals surface area contributed by atoms with Gasteiger partial charge in [-0.05, 0) is 30.7 Å². The zero-order valence-electron chi connectivity index (χ0n) is 13.4. The lowest BCUT2D eigenvalue weighted by molar-refractivity contribution is 1.39. The molecule has 0 aliphatic carbocycles. The van der Waals surface area contributed by atoms with Gasteiger partial charge in [0.15, 0.2) is 0 Å². The van der Waals surface area contributed by atoms with Crippen molar-refractivity contribution in [2.45, 2.75) is 6.92 Å². The average molecular weight is 308 g/mol. The van der Waals surface area contributed by atoms with Crippen LogP contribution in [0.25, 0.3) is 44.0 Å². The molecular weight excluding hydrogens is 292 g/mol. The summed E-state index contributed by atoms with van der Waals surface area (Å²) in [5.74, 6) is 0. The quantitative estimate of drug-likeness (QED) is 0.414. The van der Waals surface area contributed by atoms with E-state index >= 15 is 0 Å². The molecule has 0 fully saturated rings. The van der Waals surface area contributed by atoms with Crippen LogP contribution in [0, 0.1) is 6.92 Å². The number of H-pyrrole nitrogens is 1. The van der Waals surface area contributed by atoms with Gasteiger partial charge in [-0.1, -0.05) is 60.2 Å². The molecule has 0 saturated heterocycles. The summed E-state index contributed by atoms with van der Waals surface area (Å²) in [5, 5.41) is 3.63. The fraction of sp³-hybridized carbons (Fsp3) is 0.0455. The van der Waals surface area contributed by atoms with Crippen LogP contribution in [-0.4, -0.2) is 9.97 Å². The summed E-state index contributed by atoms with van der Waals surface area (Å²) >= 11 is 0. The molecule has 0 bridgehead atoms. The second-order valence-corrected chi connectivity index (χ2v) is 6.27. The first kappa shape index (κ1) is 13.3. The van der Waals surface area contributed by atoms with E-state index in [-0.39, 0.29) is 0 Å². The molecule has 3 aromatic carbocycles. The molecule has 1 N–H and O–H groups in total. The van der Waals surface area contributed by atoms with Crippen molar-refractivity contribution in [2.75, 3.05) is 0 Å². The number of benzene rings is 3. The minimum absolute atomic E-state index is 0.950. The molecule has 0 unspecified atom stereocenters. The Balaban J connectivity index is 2.08. The molecule has 0 amide bonds. The first-order valence-corrected chi connectivity index (χ1v) is 8.17. The molecule has 2 heterocycles. The Labute approximate surface area is 139 Å². The van der Waals surface area contributed by atoms with E-state index in [0.29, 0.717) is 0 Å². The van der Waals surface area contributed by atoms with Crippen molar-refractivity contribution >= 4 is 32.8 Å². The standard InChI is InChI=1S/C22H16N2/c1-14-11-12-19-17(13-14)20(15-7-3-2-4-8-15)21-16-9-5-6-10-18(16)23-22(21)24-19/h2-13H,1H3,(H,23,24). The lowest BCUT2D eigenvalue weighted by Gasteiger charge is -2.10. The van der Waals surface area contributed by atoms with Crippen LogP contribution in [0.3, 0.4) is 0 Å². The van der Waals surface area contributed by atoms with Crippen LogP contribution in [0.2, 0.25) is 0 Å². The fourth-order valence-corrected chi connectivity index (χ4v) is 3.57. The van der Waals surface area contributed by atoms with E-state index in [9.17, 15) is 0 Å². The number of pyridine rings is 1. The van der Waals surface area contributed by atoms with Crippen LogP contribution in [0.1, 0.15) is 5.56 Å². The van der Waals surface area contributed by atoms with Crippen molar-refractivity contribution in [3.63, 3.8) is 0 Å². The third-order valence-corrected chi connectivity index (χ3v) is 4.65. The highest BCUT2D eigenvalue weighted by Crippen LogP contribution is 2.38. The SMILES string of the molecule is Cc1ccc2nc3[nH]c4ccccc4c3c(-c3ccccc3)c2c1. The van der Waals surface area contributed by atoms with Gasteiger partial charge in [-0.2, -0.15) is 0 Å². The van der Waals surface area contributed by atoms with E-state index in [1.54, 1.807) is 0 Å². The molecule has 0 aliphatic heterocycles. The van der Waals surface area contributed by atoms with Crippen molar-refractivity contribution < 1.29 is 0 Å². The monoisotopic (exact) mass is 308 g/mol. The maximum atomic E-state index is 4.89. The molecule has 0 atom stereocenters. The van der Waals surface area contributed by atoms with Crippen molar-refractivity contribution in [3.8, 4) is 11.1 Å². The van der Waals surface area contributed by atoms with Crippen molar-refractivity contribution in [1.82, 2.24) is 9.97 Å². The molecule has 0 spiro atoms. The Morgan fingerprint density at radius 2 is 1.58 bits per heavy atom. The summed E-state index contributed by atoms with van der Waals surface area (Å²) in [5.41, 5.74) is 6.84. The van der Waals surface area contributed by atoms with Gasteiger partial charge in [-0.15, -0.1) is 0 Å². The molecule has 0 aliphatic rings. The normalized spacial score (nSPS) is 11.5. The number of aryl methyl sites for hydroxylation is 1. The smallest absolute Gasteiger partial charge is 0.139 e. The summed E-state index contributed by atoms with van der Waals surface area (Å²) in [4.78, 5) is 8.37. The molecule has 24 heavy (non-hydrogen) atoms. The number of aromatic amines is 1. The summed E-state index contributed by atoms with van der Waals surface area (Å²) in [6.07, 6.45) is 0. The van der Waals surface area contributed by atoms with E-state index in [1.165, 1.54) is 32.8 Å². The largest absolute Gasteiger partial charge is 0.339 e. The van der Waals surface area contributed by atoms with Gasteiger partial charge < -0.3 is 4.98 Å². The van der Waals surface area contributed by atoms with E-state index in [0.717, 1.165) is 16.7 Å². The molecule has 5 rings (SSSR count). The van der Waals surface area contributed by atoms with E-state index < -0.39 is 0 Å². The molecular formula is C22H16N2. The van der Waals surface area contributed by atoms with Gasteiger partial charge in [0, 0.05) is 27.2 Å². The second-order valence-electron chi connectivity index (χ2n) is 6.27. The summed E-state index contributed by atoms with van der Waals surface area (Å²) in [6.45, 7) is 2.13. The lowest BCUT2D eigenvalue weighted by Crippen LogP contribution is -1.88. The molecule has 5 aromatic rings. The Morgan fingerprint density at radius 1 is 0.792 bits per heavy atom. The van der Waals surface area contributed by atoms with Gasteiger partial charge in [0.2, 0.25) is 0 Å². The zero-order valence-corrected chi connectivity index (χ0v) is 13.4. The van der Waals surface area contributed by atoms with Crippen LogP contribution in [0.15, 0.2) is 72.8 Å². The number of nitrogens with one attached hydrogen (secondary N) is 1. The summed E-state index contributed by atoms with van der Waals surface area (Å²) in [7, 11) is 0. The Morgan fingerprint density at radius 3 is 2.46 bits per heavy atom. The summed E-state index contributed by atoms with van der Waals surface area (Å²) in [6, 6.07) is 25.5.